The van der Waals surface area contributed by atoms with Gasteiger partial charge in [0.2, 0.25) is 19.8 Å². The third-order valence-electron chi connectivity index (χ3n) is 6.02. The highest BCUT2D eigenvalue weighted by molar-refractivity contribution is 6.15. The first-order valence-electron chi connectivity index (χ1n) is 9.33. The smallest absolute Gasteiger partial charge is 0.245 e. The third-order valence-corrected chi connectivity index (χ3v) is 6.02. The van der Waals surface area contributed by atoms with E-state index in [-0.39, 0.29) is 35.6 Å². The van der Waals surface area contributed by atoms with Gasteiger partial charge in [-0.2, -0.15) is 5.10 Å². The number of nitrogens with one attached hydrogen (secondary N) is 1. The summed E-state index contributed by atoms with van der Waals surface area (Å²) < 4.78 is 1.53. The number of fused-ring (bicyclic) bond motifs is 2. The van der Waals surface area contributed by atoms with Crippen LogP contribution in [0.4, 0.5) is 0 Å². The Balaban J connectivity index is 1.71. The summed E-state index contributed by atoms with van der Waals surface area (Å²) in [4.78, 5) is 43.5. The van der Waals surface area contributed by atoms with E-state index in [1.807, 2.05) is 19.9 Å². The van der Waals surface area contributed by atoms with Crippen molar-refractivity contribution in [2.24, 2.45) is 5.41 Å². The van der Waals surface area contributed by atoms with Crippen molar-refractivity contribution in [3.8, 4) is 0 Å². The number of ketones is 1. The average molecular weight is 379 g/mol. The van der Waals surface area contributed by atoms with Gasteiger partial charge in [-0.05, 0) is 38.2 Å². The second-order valence-corrected chi connectivity index (χ2v) is 8.21. The van der Waals surface area contributed by atoms with Crippen LogP contribution in [0.3, 0.4) is 0 Å². The van der Waals surface area contributed by atoms with Crippen LogP contribution < -0.4 is 5.23 Å². The van der Waals surface area contributed by atoms with Crippen molar-refractivity contribution in [2.45, 2.75) is 59.2 Å². The number of nitrogens with zero attached hydrogens (tertiary/aromatic N) is 4. The van der Waals surface area contributed by atoms with E-state index in [4.69, 9.17) is 7.98 Å². The first kappa shape index (κ1) is 18.6. The molecule has 1 aliphatic carbocycles. The van der Waals surface area contributed by atoms with Crippen LogP contribution >= 0.6 is 0 Å². The molecule has 0 bridgehead atoms. The number of aryl methyl sites for hydroxylation is 2. The Hall–Kier alpha value is -2.71. The minimum absolute atomic E-state index is 0.0296. The van der Waals surface area contributed by atoms with Gasteiger partial charge in [-0.15, -0.1) is 0 Å². The standard InChI is InChI=1S/C19H22BN5O3/c1-9-5-12-16(11(3)26)23-24(17(12)10(2)21-9)8-15(27)25-13(18(28)22-20)6-19(4)7-14(19)25/h5,13-14H,6-8H2,1-4H3,(H,22,28). The number of hydrogen-bond donors (Lipinski definition) is 1. The molecule has 2 radical (unpaired) electrons. The van der Waals surface area contributed by atoms with Gasteiger partial charge in [0, 0.05) is 24.0 Å². The Morgan fingerprint density at radius 3 is 2.68 bits per heavy atom. The molecular formula is C19H22BN5O3. The molecule has 1 N–H and O–H groups in total. The average Bonchev–Trinajstić information content (AvgIpc) is 2.98. The first-order valence-corrected chi connectivity index (χ1v) is 9.33. The van der Waals surface area contributed by atoms with Crippen LogP contribution in [0, 0.1) is 19.3 Å². The molecule has 28 heavy (non-hydrogen) atoms. The van der Waals surface area contributed by atoms with Gasteiger partial charge < -0.3 is 10.1 Å². The molecule has 1 saturated heterocycles. The van der Waals surface area contributed by atoms with E-state index >= 15 is 0 Å². The largest absolute Gasteiger partial charge is 0.407 e. The summed E-state index contributed by atoms with van der Waals surface area (Å²) in [5.41, 5.74) is 2.45. The molecule has 4 rings (SSSR count). The number of Topliss-reactive ketones (excluding diaryl/α,β-unsaturated/α-hetero) is 1. The monoisotopic (exact) mass is 379 g/mol. The maximum absolute atomic E-state index is 13.2. The van der Waals surface area contributed by atoms with Crippen LogP contribution in [0.25, 0.3) is 10.9 Å². The van der Waals surface area contributed by atoms with Crippen molar-refractivity contribution in [3.63, 3.8) is 0 Å². The fourth-order valence-electron chi connectivity index (χ4n) is 4.59. The summed E-state index contributed by atoms with van der Waals surface area (Å²) in [5, 5.41) is 7.26. The summed E-state index contributed by atoms with van der Waals surface area (Å²) in [7, 11) is 5.31. The van der Waals surface area contributed by atoms with Gasteiger partial charge in [-0.3, -0.25) is 24.0 Å². The zero-order valence-electron chi connectivity index (χ0n) is 16.4. The number of pyridine rings is 1. The molecule has 2 fully saturated rings. The SMILES string of the molecule is [B]NC(=O)C1CC2(C)CC2N1C(=O)Cn1nc(C(C)=O)c2cc(C)nc(C)c21. The first-order chi connectivity index (χ1) is 13.2. The Bertz CT molecular complexity index is 1030. The molecule has 3 unspecified atom stereocenters. The lowest BCUT2D eigenvalue weighted by Gasteiger charge is -2.26. The minimum atomic E-state index is -0.572. The van der Waals surface area contributed by atoms with Crippen LogP contribution in [0.1, 0.15) is 48.6 Å². The molecule has 1 saturated carbocycles. The van der Waals surface area contributed by atoms with Crippen LogP contribution in [-0.4, -0.2) is 57.3 Å². The number of aromatic nitrogens is 3. The topological polar surface area (TPSA) is 97.2 Å². The van der Waals surface area contributed by atoms with Crippen LogP contribution in [-0.2, 0) is 16.1 Å². The maximum Gasteiger partial charge on any atom is 0.245 e. The van der Waals surface area contributed by atoms with Gasteiger partial charge in [-0.25, -0.2) is 0 Å². The fourth-order valence-corrected chi connectivity index (χ4v) is 4.59. The molecule has 144 valence electrons. The number of carbonyl (C=O) groups excluding carboxylic acids is 3. The van der Waals surface area contributed by atoms with Crippen LogP contribution in [0.15, 0.2) is 6.07 Å². The summed E-state index contributed by atoms with van der Waals surface area (Å²) in [6.07, 6.45) is 1.48. The molecule has 0 aromatic carbocycles. The molecule has 9 heteroatoms. The normalized spacial score (nSPS) is 25.6. The Kier molecular flexibility index (Phi) is 4.10. The number of likely N-dealkylation sites (tertiary alicyclic amines) is 1. The lowest BCUT2D eigenvalue weighted by atomic mass is 10.0. The van der Waals surface area contributed by atoms with E-state index in [2.05, 4.69) is 22.2 Å². The molecule has 2 aromatic rings. The highest BCUT2D eigenvalue weighted by Crippen LogP contribution is 2.59. The molecule has 3 heterocycles. The summed E-state index contributed by atoms with van der Waals surface area (Å²) in [6.45, 7) is 7.16. The van der Waals surface area contributed by atoms with E-state index in [0.29, 0.717) is 28.7 Å². The van der Waals surface area contributed by atoms with Crippen molar-refractivity contribution < 1.29 is 14.4 Å². The molecule has 8 nitrogen and oxygen atoms in total. The van der Waals surface area contributed by atoms with E-state index in [1.54, 1.807) is 4.90 Å². The van der Waals surface area contributed by atoms with Crippen molar-refractivity contribution in [2.75, 3.05) is 0 Å². The van der Waals surface area contributed by atoms with Gasteiger partial charge in [0.15, 0.2) is 5.78 Å². The summed E-state index contributed by atoms with van der Waals surface area (Å²) >= 11 is 0. The maximum atomic E-state index is 13.2. The van der Waals surface area contributed by atoms with Crippen LogP contribution in [0.2, 0.25) is 0 Å². The van der Waals surface area contributed by atoms with Gasteiger partial charge >= 0.3 is 0 Å². The molecule has 2 aliphatic rings. The molecule has 0 spiro atoms. The van der Waals surface area contributed by atoms with E-state index in [0.717, 1.165) is 12.1 Å². The molecule has 3 atom stereocenters. The number of carbonyl (C=O) groups is 3. The lowest BCUT2D eigenvalue weighted by molar-refractivity contribution is -0.139. The van der Waals surface area contributed by atoms with Gasteiger partial charge in [-0.1, -0.05) is 6.92 Å². The Morgan fingerprint density at radius 2 is 2.04 bits per heavy atom. The molecule has 2 aromatic heterocycles. The second kappa shape index (κ2) is 6.15. The van der Waals surface area contributed by atoms with E-state index in [1.165, 1.54) is 11.6 Å². The number of rotatable bonds is 4. The summed E-state index contributed by atoms with van der Waals surface area (Å²) in [5.74, 6) is -0.734. The highest BCUT2D eigenvalue weighted by Gasteiger charge is 2.64. The lowest BCUT2D eigenvalue weighted by Crippen LogP contribution is -2.48. The van der Waals surface area contributed by atoms with Crippen molar-refractivity contribution in [1.82, 2.24) is 24.9 Å². The number of amides is 2. The van der Waals surface area contributed by atoms with E-state index in [9.17, 15) is 14.4 Å². The third kappa shape index (κ3) is 2.72. The fraction of sp³-hybridized carbons (Fsp3) is 0.526. The Labute approximate surface area is 164 Å². The quantitative estimate of drug-likeness (QED) is 0.627. The molecular weight excluding hydrogens is 357 g/mol. The predicted molar refractivity (Wildman–Crippen MR) is 103 cm³/mol. The zero-order valence-corrected chi connectivity index (χ0v) is 16.4. The summed E-state index contributed by atoms with van der Waals surface area (Å²) in [6, 6.07) is 1.28. The van der Waals surface area contributed by atoms with Gasteiger partial charge in [0.05, 0.1) is 11.2 Å². The minimum Gasteiger partial charge on any atom is -0.407 e. The van der Waals surface area contributed by atoms with Crippen molar-refractivity contribution in [3.05, 3.63) is 23.1 Å². The van der Waals surface area contributed by atoms with Gasteiger partial charge in [0.25, 0.3) is 0 Å². The number of hydrogen-bond acceptors (Lipinski definition) is 5. The second-order valence-electron chi connectivity index (χ2n) is 8.21. The van der Waals surface area contributed by atoms with Gasteiger partial charge in [0.1, 0.15) is 18.3 Å². The number of piperidine rings is 1. The van der Waals surface area contributed by atoms with Crippen LogP contribution in [0.5, 0.6) is 0 Å². The molecule has 2 amide bonds. The predicted octanol–water partition coefficient (Wildman–Crippen LogP) is 0.830. The van der Waals surface area contributed by atoms with Crippen molar-refractivity contribution in [1.29, 1.82) is 0 Å². The Morgan fingerprint density at radius 1 is 1.32 bits per heavy atom. The van der Waals surface area contributed by atoms with Crippen molar-refractivity contribution >= 4 is 36.5 Å². The highest BCUT2D eigenvalue weighted by atomic mass is 16.2. The molecule has 1 aliphatic heterocycles. The van der Waals surface area contributed by atoms with E-state index < -0.39 is 6.04 Å². The zero-order chi connectivity index (χ0) is 20.4.